The van der Waals surface area contributed by atoms with Crippen LogP contribution in [0.4, 0.5) is 4.79 Å². The number of nitrogens with zero attached hydrogens (tertiary/aromatic N) is 1. The van der Waals surface area contributed by atoms with Crippen LogP contribution in [0.2, 0.25) is 0 Å². The minimum atomic E-state index is -2.76. The summed E-state index contributed by atoms with van der Waals surface area (Å²) >= 11 is 0. The molecule has 0 aliphatic rings. The predicted octanol–water partition coefficient (Wildman–Crippen LogP) is 8.48. The van der Waals surface area contributed by atoms with Gasteiger partial charge in [0.15, 0.2) is 0 Å². The van der Waals surface area contributed by atoms with Crippen LogP contribution in [0.3, 0.4) is 0 Å². The lowest BCUT2D eigenvalue weighted by molar-refractivity contribution is -0.166. The number of unbranched alkanes of at least 4 members (excludes halogenated alkanes) is 8. The minimum Gasteiger partial charge on any atom is -0.425 e. The van der Waals surface area contributed by atoms with E-state index in [0.29, 0.717) is 22.2 Å². The number of amides is 1. The lowest BCUT2D eigenvalue weighted by atomic mass is 10.1. The average molecular weight is 529 g/mol. The standard InChI is InChI=1S/C32H48N2O4/c1-4-5-6-7-8-9-10-11-12-13-14-15-16-17-18-23-31(35)37-27(2)38-32(36)34(3)25-24-28-26-33-30-22-20-19-21-29(28)30/h8-9,11-12,19-22,26-27,33H,4-7,10,13-18,23-25H2,1-3H3/b9-8-,12-11-/i24D2,25D2. The van der Waals surface area contributed by atoms with Crippen molar-refractivity contribution in [3.05, 3.63) is 60.3 Å². The number of carbonyl (C=O) groups is 2. The maximum atomic E-state index is 12.7. The van der Waals surface area contributed by atoms with E-state index in [1.54, 1.807) is 24.3 Å². The van der Waals surface area contributed by atoms with Crippen LogP contribution in [0.1, 0.15) is 102 Å². The van der Waals surface area contributed by atoms with Gasteiger partial charge in [0.25, 0.3) is 0 Å². The van der Waals surface area contributed by atoms with Crippen LogP contribution in [-0.4, -0.2) is 41.8 Å². The van der Waals surface area contributed by atoms with Crippen LogP contribution in [0, 0.1) is 0 Å². The number of allylic oxidation sites excluding steroid dienone is 4. The van der Waals surface area contributed by atoms with Crippen LogP contribution >= 0.6 is 0 Å². The first-order valence-corrected chi connectivity index (χ1v) is 14.0. The number of carbonyl (C=O) groups excluding carboxylic acids is 2. The first kappa shape index (κ1) is 25.3. The van der Waals surface area contributed by atoms with Gasteiger partial charge in [0.1, 0.15) is 0 Å². The van der Waals surface area contributed by atoms with Crippen LogP contribution in [0.15, 0.2) is 54.8 Å². The van der Waals surface area contributed by atoms with E-state index < -0.39 is 31.2 Å². The summed E-state index contributed by atoms with van der Waals surface area (Å²) in [5, 5.41) is 0.517. The highest BCUT2D eigenvalue weighted by Crippen LogP contribution is 2.18. The number of likely N-dealkylation sites (N-methyl/N-ethyl adjacent to an activating group) is 1. The Labute approximate surface area is 235 Å². The van der Waals surface area contributed by atoms with Crippen molar-refractivity contribution in [2.24, 2.45) is 0 Å². The number of rotatable bonds is 19. The van der Waals surface area contributed by atoms with E-state index >= 15 is 0 Å². The molecule has 0 bridgehead atoms. The second-order valence-corrected chi connectivity index (χ2v) is 9.47. The van der Waals surface area contributed by atoms with Crippen LogP contribution in [0.5, 0.6) is 0 Å². The first-order chi connectivity index (χ1) is 20.0. The largest absolute Gasteiger partial charge is 0.425 e. The van der Waals surface area contributed by atoms with Gasteiger partial charge in [-0.25, -0.2) is 4.79 Å². The Kier molecular flexibility index (Phi) is 12.7. The number of H-pyrrole nitrogens is 1. The molecule has 6 nitrogen and oxygen atoms in total. The predicted molar refractivity (Wildman–Crippen MR) is 156 cm³/mol. The SMILES string of the molecule is [2H]C([2H])(c1c[nH]c2ccccc12)C([2H])([2H])N(C)C(=O)OC(C)OC(=O)CCCCCCC/C=C\C/C=C\CCCCC. The maximum absolute atomic E-state index is 12.7. The third kappa shape index (κ3) is 13.0. The van der Waals surface area contributed by atoms with E-state index in [1.807, 2.05) is 0 Å². The molecule has 1 heterocycles. The molecule has 0 saturated carbocycles. The second-order valence-electron chi connectivity index (χ2n) is 9.47. The Morgan fingerprint density at radius 3 is 2.42 bits per heavy atom. The van der Waals surface area contributed by atoms with Gasteiger partial charge in [0.05, 0.1) is 0 Å². The molecule has 6 heteroatoms. The molecule has 38 heavy (non-hydrogen) atoms. The van der Waals surface area contributed by atoms with E-state index in [0.717, 1.165) is 45.6 Å². The van der Waals surface area contributed by atoms with E-state index in [-0.39, 0.29) is 12.0 Å². The fourth-order valence-corrected chi connectivity index (χ4v) is 3.93. The highest BCUT2D eigenvalue weighted by molar-refractivity contribution is 5.83. The molecule has 2 rings (SSSR count). The molecular formula is C32H48N2O4. The zero-order valence-electron chi connectivity index (χ0n) is 27.3. The summed E-state index contributed by atoms with van der Waals surface area (Å²) < 4.78 is 44.2. The quantitative estimate of drug-likeness (QED) is 0.0859. The average Bonchev–Trinajstić information content (AvgIpc) is 3.39. The van der Waals surface area contributed by atoms with E-state index in [2.05, 4.69) is 36.2 Å². The van der Waals surface area contributed by atoms with Crippen molar-refractivity contribution in [2.45, 2.75) is 104 Å². The molecule has 1 aromatic carbocycles. The third-order valence-corrected chi connectivity index (χ3v) is 6.12. The summed E-state index contributed by atoms with van der Waals surface area (Å²) in [6, 6.07) is 6.96. The van der Waals surface area contributed by atoms with Gasteiger partial charge in [-0.15, -0.1) is 0 Å². The van der Waals surface area contributed by atoms with Crippen LogP contribution in [-0.2, 0) is 20.6 Å². The van der Waals surface area contributed by atoms with E-state index in [4.69, 9.17) is 15.0 Å². The molecule has 0 fully saturated rings. The summed E-state index contributed by atoms with van der Waals surface area (Å²) in [4.78, 5) is 28.3. The van der Waals surface area contributed by atoms with Gasteiger partial charge in [-0.1, -0.05) is 81.5 Å². The zero-order chi connectivity index (χ0) is 31.0. The Morgan fingerprint density at radius 1 is 0.974 bits per heavy atom. The van der Waals surface area contributed by atoms with Crippen molar-refractivity contribution in [1.29, 1.82) is 0 Å². The third-order valence-electron chi connectivity index (χ3n) is 6.12. The lowest BCUT2D eigenvalue weighted by Gasteiger charge is -2.20. The summed E-state index contributed by atoms with van der Waals surface area (Å²) in [6.45, 7) is 0.830. The number of nitrogens with one attached hydrogen (secondary N) is 1. The highest BCUT2D eigenvalue weighted by atomic mass is 16.7. The van der Waals surface area contributed by atoms with Gasteiger partial charge in [-0.3, -0.25) is 4.79 Å². The van der Waals surface area contributed by atoms with E-state index in [1.165, 1.54) is 38.8 Å². The monoisotopic (exact) mass is 528 g/mol. The van der Waals surface area contributed by atoms with Gasteiger partial charge in [-0.05, 0) is 56.5 Å². The molecule has 0 radical (unpaired) electrons. The van der Waals surface area contributed by atoms with Crippen molar-refractivity contribution in [3.63, 3.8) is 0 Å². The number of hydrogen-bond donors (Lipinski definition) is 1. The Balaban J connectivity index is 1.65. The molecule has 1 atom stereocenters. The molecular weight excluding hydrogens is 476 g/mol. The van der Waals surface area contributed by atoms with Crippen molar-refractivity contribution in [1.82, 2.24) is 9.88 Å². The minimum absolute atomic E-state index is 0.0830. The first-order valence-electron chi connectivity index (χ1n) is 16.0. The fraction of sp³-hybridized carbons (Fsp3) is 0.562. The van der Waals surface area contributed by atoms with Crippen molar-refractivity contribution in [3.8, 4) is 0 Å². The van der Waals surface area contributed by atoms with Gasteiger partial charge in [0.2, 0.25) is 6.29 Å². The van der Waals surface area contributed by atoms with Gasteiger partial charge in [-0.2, -0.15) is 0 Å². The van der Waals surface area contributed by atoms with Crippen molar-refractivity contribution < 1.29 is 24.5 Å². The smallest absolute Gasteiger partial charge is 0.412 e. The van der Waals surface area contributed by atoms with Crippen LogP contribution in [0.25, 0.3) is 10.9 Å². The summed E-state index contributed by atoms with van der Waals surface area (Å²) in [6.07, 6.45) is 17.5. The number of fused-ring (bicyclic) bond motifs is 1. The summed E-state index contributed by atoms with van der Waals surface area (Å²) in [5.41, 5.74) is 0.738. The lowest BCUT2D eigenvalue weighted by Crippen LogP contribution is -2.33. The molecule has 0 aliphatic heterocycles. The molecule has 0 saturated heterocycles. The van der Waals surface area contributed by atoms with Crippen molar-refractivity contribution >= 4 is 23.0 Å². The van der Waals surface area contributed by atoms with Gasteiger partial charge in [0, 0.05) is 49.5 Å². The molecule has 0 aliphatic carbocycles. The topological polar surface area (TPSA) is 71.6 Å². The molecule has 1 N–H and O–H groups in total. The number of aromatic nitrogens is 1. The summed E-state index contributed by atoms with van der Waals surface area (Å²) in [5.74, 6) is -0.499. The normalized spacial score (nSPS) is 14.7. The number of ether oxygens (including phenoxy) is 2. The molecule has 210 valence electrons. The molecule has 2 aromatic rings. The number of aryl methyl sites for hydroxylation is 1. The van der Waals surface area contributed by atoms with Crippen molar-refractivity contribution in [2.75, 3.05) is 13.5 Å². The second kappa shape index (κ2) is 19.1. The zero-order valence-corrected chi connectivity index (χ0v) is 23.3. The Hall–Kier alpha value is -3.02. The fourth-order valence-electron chi connectivity index (χ4n) is 3.93. The number of benzene rings is 1. The molecule has 1 aromatic heterocycles. The number of aromatic amines is 1. The van der Waals surface area contributed by atoms with E-state index in [9.17, 15) is 9.59 Å². The number of esters is 1. The maximum Gasteiger partial charge on any atom is 0.412 e. The van der Waals surface area contributed by atoms with Crippen LogP contribution < -0.4 is 0 Å². The van der Waals surface area contributed by atoms with Gasteiger partial charge < -0.3 is 19.4 Å². The molecule has 1 amide bonds. The van der Waals surface area contributed by atoms with Gasteiger partial charge >= 0.3 is 12.1 Å². The molecule has 1 unspecified atom stereocenters. The number of hydrogen-bond acceptors (Lipinski definition) is 4. The molecule has 0 spiro atoms. The highest BCUT2D eigenvalue weighted by Gasteiger charge is 2.17. The number of para-hydroxylation sites is 1. The summed E-state index contributed by atoms with van der Waals surface area (Å²) in [7, 11) is 1.12. The Bertz CT molecular complexity index is 1160. The Morgan fingerprint density at radius 2 is 1.66 bits per heavy atom.